The SMILES string of the molecule is CC(=O)N(CC(C)C(=O)O)c1cc(C)ccc1C. The maximum absolute atomic E-state index is 11.7. The van der Waals surface area contributed by atoms with Crippen LogP contribution in [0.25, 0.3) is 0 Å². The number of hydrogen-bond acceptors (Lipinski definition) is 2. The van der Waals surface area contributed by atoms with Crippen LogP contribution in [0.3, 0.4) is 0 Å². The Kier molecular flexibility index (Phi) is 4.48. The van der Waals surface area contributed by atoms with E-state index in [9.17, 15) is 9.59 Å². The third kappa shape index (κ3) is 3.32. The fourth-order valence-electron chi connectivity index (χ4n) is 1.76. The van der Waals surface area contributed by atoms with Crippen molar-refractivity contribution in [2.24, 2.45) is 5.92 Å². The van der Waals surface area contributed by atoms with E-state index >= 15 is 0 Å². The molecule has 0 radical (unpaired) electrons. The van der Waals surface area contributed by atoms with Gasteiger partial charge in [0.2, 0.25) is 5.91 Å². The van der Waals surface area contributed by atoms with E-state index in [0.717, 1.165) is 16.8 Å². The van der Waals surface area contributed by atoms with Gasteiger partial charge in [-0.15, -0.1) is 0 Å². The summed E-state index contributed by atoms with van der Waals surface area (Å²) >= 11 is 0. The number of benzene rings is 1. The van der Waals surface area contributed by atoms with Gasteiger partial charge in [-0.3, -0.25) is 9.59 Å². The van der Waals surface area contributed by atoms with E-state index in [2.05, 4.69) is 0 Å². The Morgan fingerprint density at radius 3 is 2.44 bits per heavy atom. The van der Waals surface area contributed by atoms with Crippen molar-refractivity contribution in [1.29, 1.82) is 0 Å². The fourth-order valence-corrected chi connectivity index (χ4v) is 1.76. The topological polar surface area (TPSA) is 57.6 Å². The average Bonchev–Trinajstić information content (AvgIpc) is 2.28. The van der Waals surface area contributed by atoms with E-state index in [1.165, 1.54) is 11.8 Å². The highest BCUT2D eigenvalue weighted by atomic mass is 16.4. The van der Waals surface area contributed by atoms with E-state index in [1.807, 2.05) is 32.0 Å². The van der Waals surface area contributed by atoms with E-state index in [1.54, 1.807) is 6.92 Å². The van der Waals surface area contributed by atoms with Crippen LogP contribution in [-0.2, 0) is 9.59 Å². The fraction of sp³-hybridized carbons (Fsp3) is 0.429. The molecule has 1 atom stereocenters. The molecule has 0 saturated heterocycles. The second-order valence-corrected chi connectivity index (χ2v) is 4.66. The van der Waals surface area contributed by atoms with Gasteiger partial charge >= 0.3 is 5.97 Å². The van der Waals surface area contributed by atoms with E-state index in [4.69, 9.17) is 5.11 Å². The number of anilines is 1. The zero-order chi connectivity index (χ0) is 13.9. The molecule has 1 amide bonds. The third-order valence-corrected chi connectivity index (χ3v) is 2.91. The summed E-state index contributed by atoms with van der Waals surface area (Å²) in [5.74, 6) is -1.63. The number of hydrogen-bond donors (Lipinski definition) is 1. The molecule has 0 saturated carbocycles. The first-order valence-electron chi connectivity index (χ1n) is 5.91. The van der Waals surface area contributed by atoms with Crippen LogP contribution in [0, 0.1) is 19.8 Å². The standard InChI is InChI=1S/C14H19NO3/c1-9-5-6-10(2)13(7-9)15(12(4)16)8-11(3)14(17)18/h5-7,11H,8H2,1-4H3,(H,17,18). The van der Waals surface area contributed by atoms with Crippen LogP contribution in [0.4, 0.5) is 5.69 Å². The summed E-state index contributed by atoms with van der Waals surface area (Å²) < 4.78 is 0. The highest BCUT2D eigenvalue weighted by Gasteiger charge is 2.20. The number of nitrogens with zero attached hydrogens (tertiary/aromatic N) is 1. The molecule has 0 aromatic heterocycles. The Morgan fingerprint density at radius 2 is 1.94 bits per heavy atom. The van der Waals surface area contributed by atoms with E-state index in [-0.39, 0.29) is 12.5 Å². The highest BCUT2D eigenvalue weighted by Crippen LogP contribution is 2.22. The first kappa shape index (κ1) is 14.2. The Bertz CT molecular complexity index is 468. The minimum atomic E-state index is -0.897. The molecule has 1 aromatic rings. The highest BCUT2D eigenvalue weighted by molar-refractivity contribution is 5.93. The minimum absolute atomic E-state index is 0.142. The molecule has 1 unspecified atom stereocenters. The molecule has 4 heteroatoms. The summed E-state index contributed by atoms with van der Waals surface area (Å²) in [5, 5.41) is 8.95. The van der Waals surface area contributed by atoms with Gasteiger partial charge in [-0.05, 0) is 31.0 Å². The van der Waals surface area contributed by atoms with Crippen molar-refractivity contribution in [2.45, 2.75) is 27.7 Å². The van der Waals surface area contributed by atoms with Crippen molar-refractivity contribution < 1.29 is 14.7 Å². The van der Waals surface area contributed by atoms with E-state index < -0.39 is 11.9 Å². The summed E-state index contributed by atoms with van der Waals surface area (Å²) in [4.78, 5) is 24.1. The summed E-state index contributed by atoms with van der Waals surface area (Å²) in [7, 11) is 0. The molecule has 0 fully saturated rings. The van der Waals surface area contributed by atoms with Crippen molar-refractivity contribution in [3.8, 4) is 0 Å². The molecule has 0 aliphatic carbocycles. The lowest BCUT2D eigenvalue weighted by Gasteiger charge is -2.25. The molecule has 1 N–H and O–H groups in total. The lowest BCUT2D eigenvalue weighted by atomic mass is 10.1. The molecule has 0 aliphatic heterocycles. The molecule has 1 rings (SSSR count). The normalized spacial score (nSPS) is 12.0. The second-order valence-electron chi connectivity index (χ2n) is 4.66. The Labute approximate surface area is 107 Å². The smallest absolute Gasteiger partial charge is 0.308 e. The number of carbonyl (C=O) groups is 2. The molecule has 0 spiro atoms. The van der Waals surface area contributed by atoms with Gasteiger partial charge < -0.3 is 10.0 Å². The number of aliphatic carboxylic acids is 1. The summed E-state index contributed by atoms with van der Waals surface area (Å²) in [6, 6.07) is 5.81. The number of carbonyl (C=O) groups excluding carboxylic acids is 1. The maximum atomic E-state index is 11.7. The predicted octanol–water partition coefficient (Wildman–Crippen LogP) is 2.38. The van der Waals surface area contributed by atoms with Crippen molar-refractivity contribution in [1.82, 2.24) is 0 Å². The van der Waals surface area contributed by atoms with Gasteiger partial charge in [0.05, 0.1) is 5.92 Å². The second kappa shape index (κ2) is 5.67. The van der Waals surface area contributed by atoms with Crippen molar-refractivity contribution in [2.75, 3.05) is 11.4 Å². The lowest BCUT2D eigenvalue weighted by molar-refractivity contribution is -0.140. The van der Waals surface area contributed by atoms with Crippen LogP contribution in [0.1, 0.15) is 25.0 Å². The van der Waals surface area contributed by atoms with Crippen LogP contribution in [0.5, 0.6) is 0 Å². The number of rotatable bonds is 4. The summed E-state index contributed by atoms with van der Waals surface area (Å²) in [5.41, 5.74) is 2.80. The number of amides is 1. The van der Waals surface area contributed by atoms with Gasteiger partial charge in [-0.1, -0.05) is 19.1 Å². The molecule has 98 valence electrons. The Hall–Kier alpha value is -1.84. The minimum Gasteiger partial charge on any atom is -0.481 e. The van der Waals surface area contributed by atoms with Crippen LogP contribution >= 0.6 is 0 Å². The number of carboxylic acids is 1. The van der Waals surface area contributed by atoms with Crippen molar-refractivity contribution in [3.63, 3.8) is 0 Å². The molecule has 0 heterocycles. The monoisotopic (exact) mass is 249 g/mol. The van der Waals surface area contributed by atoms with Gasteiger partial charge in [0, 0.05) is 19.2 Å². The molecular formula is C14H19NO3. The van der Waals surface area contributed by atoms with Crippen LogP contribution < -0.4 is 4.90 Å². The zero-order valence-electron chi connectivity index (χ0n) is 11.2. The van der Waals surface area contributed by atoms with Crippen LogP contribution in [-0.4, -0.2) is 23.5 Å². The van der Waals surface area contributed by atoms with Gasteiger partial charge in [0.15, 0.2) is 0 Å². The molecule has 4 nitrogen and oxygen atoms in total. The molecular weight excluding hydrogens is 230 g/mol. The third-order valence-electron chi connectivity index (χ3n) is 2.91. The van der Waals surface area contributed by atoms with Gasteiger partial charge in [0.1, 0.15) is 0 Å². The molecule has 0 bridgehead atoms. The molecule has 0 aliphatic rings. The lowest BCUT2D eigenvalue weighted by Crippen LogP contribution is -2.35. The quantitative estimate of drug-likeness (QED) is 0.891. The average molecular weight is 249 g/mol. The van der Waals surface area contributed by atoms with Gasteiger partial charge in [-0.25, -0.2) is 0 Å². The van der Waals surface area contributed by atoms with Crippen LogP contribution in [0.15, 0.2) is 18.2 Å². The van der Waals surface area contributed by atoms with Gasteiger partial charge in [0.25, 0.3) is 0 Å². The van der Waals surface area contributed by atoms with E-state index in [0.29, 0.717) is 0 Å². The van der Waals surface area contributed by atoms with Crippen LogP contribution in [0.2, 0.25) is 0 Å². The Balaban J connectivity index is 3.08. The Morgan fingerprint density at radius 1 is 1.33 bits per heavy atom. The zero-order valence-corrected chi connectivity index (χ0v) is 11.2. The number of aryl methyl sites for hydroxylation is 2. The first-order chi connectivity index (χ1) is 8.32. The maximum Gasteiger partial charge on any atom is 0.308 e. The molecule has 18 heavy (non-hydrogen) atoms. The van der Waals surface area contributed by atoms with Gasteiger partial charge in [-0.2, -0.15) is 0 Å². The first-order valence-corrected chi connectivity index (χ1v) is 5.91. The number of carboxylic acid groups (broad SMARTS) is 1. The summed E-state index contributed by atoms with van der Waals surface area (Å²) in [6.07, 6.45) is 0. The predicted molar refractivity (Wildman–Crippen MR) is 70.7 cm³/mol. The van der Waals surface area contributed by atoms with Crippen molar-refractivity contribution >= 4 is 17.6 Å². The summed E-state index contributed by atoms with van der Waals surface area (Å²) in [6.45, 7) is 7.10. The van der Waals surface area contributed by atoms with Crippen molar-refractivity contribution in [3.05, 3.63) is 29.3 Å². The molecule has 1 aromatic carbocycles. The largest absolute Gasteiger partial charge is 0.481 e.